The lowest BCUT2D eigenvalue weighted by atomic mass is 10.2. The number of thiazole rings is 2. The van der Waals surface area contributed by atoms with Gasteiger partial charge in [-0.15, -0.1) is 11.3 Å². The fourth-order valence-electron chi connectivity index (χ4n) is 1.81. The van der Waals surface area contributed by atoms with E-state index in [9.17, 15) is 0 Å². The van der Waals surface area contributed by atoms with Crippen molar-refractivity contribution in [3.63, 3.8) is 0 Å². The Bertz CT molecular complexity index is 684. The number of anilines is 1. The molecule has 0 unspecified atom stereocenters. The quantitative estimate of drug-likeness (QED) is 0.785. The molecule has 3 nitrogen and oxygen atoms in total. The molecule has 18 heavy (non-hydrogen) atoms. The lowest BCUT2D eigenvalue weighted by Gasteiger charge is -1.97. The van der Waals surface area contributed by atoms with Crippen molar-refractivity contribution in [2.24, 2.45) is 0 Å². The molecule has 0 bridgehead atoms. The molecule has 3 rings (SSSR count). The number of rotatable bonds is 3. The van der Waals surface area contributed by atoms with Gasteiger partial charge in [0, 0.05) is 11.1 Å². The molecular formula is C13H13N3S2. The van der Waals surface area contributed by atoms with Gasteiger partial charge < -0.3 is 5.32 Å². The first kappa shape index (κ1) is 11.6. The van der Waals surface area contributed by atoms with Crippen LogP contribution < -0.4 is 5.32 Å². The van der Waals surface area contributed by atoms with Gasteiger partial charge in [0.15, 0.2) is 5.13 Å². The minimum atomic E-state index is 0.796. The standard InChI is InChI=1S/C13H13N3S2/c1-8-4-3-5-11-12(8)16-13(18-11)15-7-10-6-14-9(2)17-10/h3-6H,7H2,1-2H3,(H,15,16). The molecular weight excluding hydrogens is 262 g/mol. The number of aryl methyl sites for hydroxylation is 2. The van der Waals surface area contributed by atoms with Crippen LogP contribution in [0.1, 0.15) is 15.4 Å². The van der Waals surface area contributed by atoms with E-state index in [1.54, 1.807) is 22.7 Å². The molecule has 0 aliphatic heterocycles. The maximum Gasteiger partial charge on any atom is 0.184 e. The van der Waals surface area contributed by atoms with Gasteiger partial charge in [-0.3, -0.25) is 0 Å². The van der Waals surface area contributed by atoms with E-state index in [0.717, 1.165) is 22.2 Å². The average Bonchev–Trinajstić information content (AvgIpc) is 2.93. The van der Waals surface area contributed by atoms with Crippen molar-refractivity contribution in [2.75, 3.05) is 5.32 Å². The number of hydrogen-bond donors (Lipinski definition) is 1. The van der Waals surface area contributed by atoms with E-state index in [1.807, 2.05) is 13.1 Å². The van der Waals surface area contributed by atoms with Crippen LogP contribution in [0.15, 0.2) is 24.4 Å². The Morgan fingerprint density at radius 1 is 1.22 bits per heavy atom. The molecule has 0 aliphatic carbocycles. The highest BCUT2D eigenvalue weighted by molar-refractivity contribution is 7.22. The highest BCUT2D eigenvalue weighted by Gasteiger charge is 2.06. The van der Waals surface area contributed by atoms with Crippen molar-refractivity contribution in [1.82, 2.24) is 9.97 Å². The molecule has 0 radical (unpaired) electrons. The van der Waals surface area contributed by atoms with E-state index in [2.05, 4.69) is 40.4 Å². The summed E-state index contributed by atoms with van der Waals surface area (Å²) in [6.07, 6.45) is 1.92. The van der Waals surface area contributed by atoms with E-state index in [-0.39, 0.29) is 0 Å². The van der Waals surface area contributed by atoms with E-state index < -0.39 is 0 Å². The fourth-order valence-corrected chi connectivity index (χ4v) is 3.49. The third-order valence-corrected chi connectivity index (χ3v) is 4.59. The lowest BCUT2D eigenvalue weighted by Crippen LogP contribution is -1.96. The van der Waals surface area contributed by atoms with Gasteiger partial charge in [-0.2, -0.15) is 0 Å². The Labute approximate surface area is 114 Å². The second kappa shape index (κ2) is 4.66. The minimum absolute atomic E-state index is 0.796. The SMILES string of the molecule is Cc1ncc(CNc2nc3c(C)cccc3s2)s1. The largest absolute Gasteiger partial charge is 0.357 e. The lowest BCUT2D eigenvalue weighted by molar-refractivity contribution is 1.16. The van der Waals surface area contributed by atoms with Crippen LogP contribution in [0.3, 0.4) is 0 Å². The molecule has 0 saturated carbocycles. The molecule has 0 saturated heterocycles. The minimum Gasteiger partial charge on any atom is -0.357 e. The van der Waals surface area contributed by atoms with Crippen LogP contribution in [0.2, 0.25) is 0 Å². The molecule has 0 aliphatic rings. The Hall–Kier alpha value is -1.46. The van der Waals surface area contributed by atoms with Gasteiger partial charge in [0.05, 0.1) is 21.8 Å². The van der Waals surface area contributed by atoms with E-state index in [0.29, 0.717) is 0 Å². The second-order valence-corrected chi connectivity index (χ2v) is 6.49. The van der Waals surface area contributed by atoms with Gasteiger partial charge in [-0.05, 0) is 25.5 Å². The molecule has 0 fully saturated rings. The molecule has 5 heteroatoms. The summed E-state index contributed by atoms with van der Waals surface area (Å²) < 4.78 is 1.23. The van der Waals surface area contributed by atoms with Crippen LogP contribution >= 0.6 is 22.7 Å². The maximum atomic E-state index is 4.63. The number of fused-ring (bicyclic) bond motifs is 1. The van der Waals surface area contributed by atoms with Gasteiger partial charge in [-0.1, -0.05) is 23.5 Å². The Balaban J connectivity index is 1.81. The summed E-state index contributed by atoms with van der Waals surface area (Å²) in [6, 6.07) is 6.28. The van der Waals surface area contributed by atoms with Crippen molar-refractivity contribution in [3.8, 4) is 0 Å². The van der Waals surface area contributed by atoms with Gasteiger partial charge in [0.1, 0.15) is 0 Å². The molecule has 2 aromatic heterocycles. The molecule has 92 valence electrons. The predicted octanol–water partition coefficient (Wildman–Crippen LogP) is 3.98. The number of hydrogen-bond acceptors (Lipinski definition) is 5. The number of benzene rings is 1. The maximum absolute atomic E-state index is 4.63. The van der Waals surface area contributed by atoms with E-state index in [1.165, 1.54) is 15.1 Å². The zero-order chi connectivity index (χ0) is 12.5. The van der Waals surface area contributed by atoms with Gasteiger partial charge in [0.2, 0.25) is 0 Å². The van der Waals surface area contributed by atoms with Crippen LogP contribution in [0, 0.1) is 13.8 Å². The first-order valence-electron chi connectivity index (χ1n) is 5.74. The number of nitrogens with zero attached hydrogens (tertiary/aromatic N) is 2. The van der Waals surface area contributed by atoms with Crippen molar-refractivity contribution < 1.29 is 0 Å². The summed E-state index contributed by atoms with van der Waals surface area (Å²) in [4.78, 5) is 10.1. The summed E-state index contributed by atoms with van der Waals surface area (Å²) in [5, 5.41) is 5.45. The number of para-hydroxylation sites is 1. The van der Waals surface area contributed by atoms with Gasteiger partial charge in [0.25, 0.3) is 0 Å². The molecule has 1 N–H and O–H groups in total. The van der Waals surface area contributed by atoms with Crippen LogP contribution in [0.25, 0.3) is 10.2 Å². The molecule has 0 spiro atoms. The van der Waals surface area contributed by atoms with Crippen LogP contribution in [-0.2, 0) is 6.54 Å². The highest BCUT2D eigenvalue weighted by atomic mass is 32.1. The van der Waals surface area contributed by atoms with Gasteiger partial charge >= 0.3 is 0 Å². The van der Waals surface area contributed by atoms with E-state index in [4.69, 9.17) is 0 Å². The first-order chi connectivity index (χ1) is 8.72. The van der Waals surface area contributed by atoms with Crippen molar-refractivity contribution in [2.45, 2.75) is 20.4 Å². The summed E-state index contributed by atoms with van der Waals surface area (Å²) in [7, 11) is 0. The first-order valence-corrected chi connectivity index (χ1v) is 7.37. The van der Waals surface area contributed by atoms with Crippen molar-refractivity contribution >= 4 is 38.0 Å². The number of aromatic nitrogens is 2. The third kappa shape index (κ3) is 2.23. The summed E-state index contributed by atoms with van der Waals surface area (Å²) in [5.41, 5.74) is 2.33. The summed E-state index contributed by atoms with van der Waals surface area (Å²) >= 11 is 3.42. The molecule has 3 aromatic rings. The molecule has 0 atom stereocenters. The normalized spacial score (nSPS) is 11.0. The Morgan fingerprint density at radius 3 is 2.83 bits per heavy atom. The summed E-state index contributed by atoms with van der Waals surface area (Å²) in [6.45, 7) is 4.91. The average molecular weight is 275 g/mol. The van der Waals surface area contributed by atoms with Gasteiger partial charge in [-0.25, -0.2) is 9.97 Å². The Morgan fingerprint density at radius 2 is 2.11 bits per heavy atom. The topological polar surface area (TPSA) is 37.8 Å². The highest BCUT2D eigenvalue weighted by Crippen LogP contribution is 2.28. The van der Waals surface area contributed by atoms with Crippen LogP contribution in [0.4, 0.5) is 5.13 Å². The van der Waals surface area contributed by atoms with Crippen molar-refractivity contribution in [3.05, 3.63) is 39.8 Å². The monoisotopic (exact) mass is 275 g/mol. The molecule has 2 heterocycles. The van der Waals surface area contributed by atoms with Crippen LogP contribution in [0.5, 0.6) is 0 Å². The smallest absolute Gasteiger partial charge is 0.184 e. The predicted molar refractivity (Wildman–Crippen MR) is 78.5 cm³/mol. The third-order valence-electron chi connectivity index (χ3n) is 2.70. The van der Waals surface area contributed by atoms with Crippen molar-refractivity contribution in [1.29, 1.82) is 0 Å². The van der Waals surface area contributed by atoms with E-state index >= 15 is 0 Å². The summed E-state index contributed by atoms with van der Waals surface area (Å²) in [5.74, 6) is 0. The zero-order valence-corrected chi connectivity index (χ0v) is 11.9. The number of nitrogens with one attached hydrogen (secondary N) is 1. The molecule has 1 aromatic carbocycles. The zero-order valence-electron chi connectivity index (χ0n) is 10.2. The van der Waals surface area contributed by atoms with Crippen LogP contribution in [-0.4, -0.2) is 9.97 Å². The second-order valence-electron chi connectivity index (χ2n) is 4.14. The molecule has 0 amide bonds. The fraction of sp³-hybridized carbons (Fsp3) is 0.231. The Kier molecular flexibility index (Phi) is 3.01.